The number of nitrogens with one attached hydrogen (secondary N) is 3. The molecule has 0 aliphatic rings. The van der Waals surface area contributed by atoms with Crippen molar-refractivity contribution in [1.29, 1.82) is 0 Å². The molecule has 0 aromatic heterocycles. The highest BCUT2D eigenvalue weighted by Gasteiger charge is 2.22. The van der Waals surface area contributed by atoms with Crippen molar-refractivity contribution in [2.24, 2.45) is 0 Å². The molecule has 0 spiro atoms. The lowest BCUT2D eigenvalue weighted by Gasteiger charge is -2.15. The van der Waals surface area contributed by atoms with Gasteiger partial charge in [-0.25, -0.2) is 8.42 Å². The lowest BCUT2D eigenvalue weighted by molar-refractivity contribution is -0.122. The summed E-state index contributed by atoms with van der Waals surface area (Å²) in [7, 11) is -2.30. The fourth-order valence-electron chi connectivity index (χ4n) is 2.85. The Balaban J connectivity index is 1.93. The van der Waals surface area contributed by atoms with Gasteiger partial charge >= 0.3 is 0 Å². The molecule has 0 saturated heterocycles. The van der Waals surface area contributed by atoms with Crippen molar-refractivity contribution in [2.45, 2.75) is 38.1 Å². The summed E-state index contributed by atoms with van der Waals surface area (Å²) in [6, 6.07) is 10.5. The number of methoxy groups -OCH3 is 1. The molecule has 1 atom stereocenters. The predicted octanol–water partition coefficient (Wildman–Crippen LogP) is 1.99. The van der Waals surface area contributed by atoms with Crippen LogP contribution in [0.4, 0.5) is 5.69 Å². The lowest BCUT2D eigenvalue weighted by Crippen LogP contribution is -2.45. The maximum absolute atomic E-state index is 12.5. The van der Waals surface area contributed by atoms with Crippen molar-refractivity contribution >= 4 is 27.5 Å². The highest BCUT2D eigenvalue weighted by molar-refractivity contribution is 7.89. The average Bonchev–Trinajstić information content (AvgIpc) is 2.67. The lowest BCUT2D eigenvalue weighted by atomic mass is 10.1. The van der Waals surface area contributed by atoms with E-state index >= 15 is 0 Å². The second kappa shape index (κ2) is 10.2. The van der Waals surface area contributed by atoms with E-state index in [0.29, 0.717) is 18.7 Å². The van der Waals surface area contributed by atoms with Crippen molar-refractivity contribution in [3.8, 4) is 5.75 Å². The normalized spacial score (nSPS) is 12.1. The minimum atomic E-state index is -3.89. The van der Waals surface area contributed by atoms with Crippen molar-refractivity contribution in [3.05, 3.63) is 53.6 Å². The third kappa shape index (κ3) is 6.57. The van der Waals surface area contributed by atoms with Gasteiger partial charge in [0.2, 0.25) is 21.8 Å². The van der Waals surface area contributed by atoms with Crippen LogP contribution in [0.1, 0.15) is 25.0 Å². The molecular weight excluding hydrogens is 406 g/mol. The first-order valence-corrected chi connectivity index (χ1v) is 10.9. The molecule has 0 bridgehead atoms. The van der Waals surface area contributed by atoms with Gasteiger partial charge in [0, 0.05) is 19.2 Å². The Morgan fingerprint density at radius 2 is 1.77 bits per heavy atom. The standard InChI is InChI=1S/C21H27N3O5S/c1-14-5-10-20(29-4)17(13-14)11-12-22-21(26)15(2)24-30(27,28)19-8-6-18(7-9-19)23-16(3)25/h5-10,13,15,24H,11-12H2,1-4H3,(H,22,26)(H,23,25)/t15-/m0/s1. The summed E-state index contributed by atoms with van der Waals surface area (Å²) >= 11 is 0. The molecule has 30 heavy (non-hydrogen) atoms. The highest BCUT2D eigenvalue weighted by atomic mass is 32.2. The van der Waals surface area contributed by atoms with Crippen molar-refractivity contribution in [2.75, 3.05) is 19.0 Å². The Morgan fingerprint density at radius 1 is 1.10 bits per heavy atom. The van der Waals surface area contributed by atoms with Gasteiger partial charge in [-0.15, -0.1) is 0 Å². The van der Waals surface area contributed by atoms with E-state index in [0.717, 1.165) is 16.9 Å². The van der Waals surface area contributed by atoms with Crippen molar-refractivity contribution in [3.63, 3.8) is 0 Å². The zero-order valence-corrected chi connectivity index (χ0v) is 18.3. The van der Waals surface area contributed by atoms with Gasteiger partial charge in [0.1, 0.15) is 5.75 Å². The molecule has 0 heterocycles. The highest BCUT2D eigenvalue weighted by Crippen LogP contribution is 2.20. The van der Waals surface area contributed by atoms with Crippen LogP contribution < -0.4 is 20.1 Å². The molecule has 0 radical (unpaired) electrons. The third-order valence-electron chi connectivity index (χ3n) is 4.34. The molecule has 0 aliphatic carbocycles. The van der Waals surface area contributed by atoms with Crippen LogP contribution in [-0.4, -0.2) is 39.9 Å². The Kier molecular flexibility index (Phi) is 7.96. The van der Waals surface area contributed by atoms with Crippen LogP contribution in [0.2, 0.25) is 0 Å². The first-order valence-electron chi connectivity index (χ1n) is 9.43. The topological polar surface area (TPSA) is 114 Å². The smallest absolute Gasteiger partial charge is 0.241 e. The second-order valence-corrected chi connectivity index (χ2v) is 8.62. The Hall–Kier alpha value is -2.91. The molecule has 8 nitrogen and oxygen atoms in total. The van der Waals surface area contributed by atoms with Gasteiger partial charge in [0.05, 0.1) is 18.0 Å². The van der Waals surface area contributed by atoms with Gasteiger partial charge in [-0.3, -0.25) is 9.59 Å². The van der Waals surface area contributed by atoms with Crippen LogP contribution in [-0.2, 0) is 26.0 Å². The van der Waals surface area contributed by atoms with E-state index in [1.54, 1.807) is 7.11 Å². The predicted molar refractivity (Wildman–Crippen MR) is 115 cm³/mol. The van der Waals surface area contributed by atoms with Crippen LogP contribution in [0.15, 0.2) is 47.4 Å². The number of hydrogen-bond acceptors (Lipinski definition) is 5. The molecule has 0 aliphatic heterocycles. The number of aryl methyl sites for hydroxylation is 1. The summed E-state index contributed by atoms with van der Waals surface area (Å²) in [4.78, 5) is 23.4. The van der Waals surface area contributed by atoms with E-state index in [4.69, 9.17) is 4.74 Å². The molecule has 9 heteroatoms. The van der Waals surface area contributed by atoms with Crippen LogP contribution in [0.25, 0.3) is 0 Å². The number of ether oxygens (including phenoxy) is 1. The Morgan fingerprint density at radius 3 is 2.37 bits per heavy atom. The van der Waals surface area contributed by atoms with E-state index in [9.17, 15) is 18.0 Å². The van der Waals surface area contributed by atoms with Gasteiger partial charge in [-0.1, -0.05) is 17.7 Å². The molecule has 2 aromatic rings. The van der Waals surface area contributed by atoms with Crippen molar-refractivity contribution < 1.29 is 22.7 Å². The molecule has 0 unspecified atom stereocenters. The molecular formula is C21H27N3O5S. The largest absolute Gasteiger partial charge is 0.496 e. The molecule has 162 valence electrons. The summed E-state index contributed by atoms with van der Waals surface area (Å²) in [5.41, 5.74) is 2.53. The first kappa shape index (κ1) is 23.4. The van der Waals surface area contributed by atoms with Gasteiger partial charge in [0.15, 0.2) is 0 Å². The summed E-state index contributed by atoms with van der Waals surface area (Å²) in [5, 5.41) is 5.30. The van der Waals surface area contributed by atoms with E-state index in [-0.39, 0.29) is 10.8 Å². The van der Waals surface area contributed by atoms with E-state index < -0.39 is 22.0 Å². The van der Waals surface area contributed by atoms with E-state index in [1.165, 1.54) is 38.1 Å². The number of carbonyl (C=O) groups is 2. The quantitative estimate of drug-likeness (QED) is 0.560. The molecule has 0 saturated carbocycles. The number of amides is 2. The fourth-order valence-corrected chi connectivity index (χ4v) is 4.05. The average molecular weight is 434 g/mol. The fraction of sp³-hybridized carbons (Fsp3) is 0.333. The molecule has 2 aromatic carbocycles. The zero-order chi connectivity index (χ0) is 22.3. The minimum Gasteiger partial charge on any atom is -0.496 e. The van der Waals surface area contributed by atoms with E-state index in [1.807, 2.05) is 25.1 Å². The summed E-state index contributed by atoms with van der Waals surface area (Å²) in [6.07, 6.45) is 0.556. The van der Waals surface area contributed by atoms with Crippen LogP contribution in [0, 0.1) is 6.92 Å². The van der Waals surface area contributed by atoms with Gasteiger partial charge in [0.25, 0.3) is 0 Å². The summed E-state index contributed by atoms with van der Waals surface area (Å²) in [6.45, 7) is 5.16. The number of carbonyl (C=O) groups excluding carboxylic acids is 2. The van der Waals surface area contributed by atoms with Crippen LogP contribution in [0.5, 0.6) is 5.75 Å². The maximum Gasteiger partial charge on any atom is 0.241 e. The number of anilines is 1. The van der Waals surface area contributed by atoms with Gasteiger partial charge in [-0.2, -0.15) is 4.72 Å². The van der Waals surface area contributed by atoms with Crippen molar-refractivity contribution in [1.82, 2.24) is 10.0 Å². The van der Waals surface area contributed by atoms with Crippen LogP contribution in [0.3, 0.4) is 0 Å². The van der Waals surface area contributed by atoms with Gasteiger partial charge in [-0.05, 0) is 56.2 Å². The number of sulfonamides is 1. The zero-order valence-electron chi connectivity index (χ0n) is 17.5. The number of hydrogen-bond donors (Lipinski definition) is 3. The second-order valence-electron chi connectivity index (χ2n) is 6.90. The molecule has 3 N–H and O–H groups in total. The minimum absolute atomic E-state index is 0.000694. The number of benzene rings is 2. The molecule has 2 rings (SSSR count). The maximum atomic E-state index is 12.5. The monoisotopic (exact) mass is 433 g/mol. The number of rotatable bonds is 9. The Bertz CT molecular complexity index is 1000. The third-order valence-corrected chi connectivity index (χ3v) is 5.90. The molecule has 2 amide bonds. The van der Waals surface area contributed by atoms with Crippen LogP contribution >= 0.6 is 0 Å². The summed E-state index contributed by atoms with van der Waals surface area (Å²) < 4.78 is 32.7. The SMILES string of the molecule is COc1ccc(C)cc1CCNC(=O)[C@H](C)NS(=O)(=O)c1ccc(NC(C)=O)cc1. The Labute approximate surface area is 177 Å². The summed E-state index contributed by atoms with van der Waals surface area (Å²) in [5.74, 6) is 0.0590. The first-order chi connectivity index (χ1) is 14.1. The van der Waals surface area contributed by atoms with Gasteiger partial charge < -0.3 is 15.4 Å². The van der Waals surface area contributed by atoms with E-state index in [2.05, 4.69) is 15.4 Å². The molecule has 0 fully saturated rings.